The Morgan fingerprint density at radius 2 is 1.07 bits per heavy atom. The maximum atomic E-state index is 9.91. The molecule has 0 aliphatic carbocycles. The summed E-state index contributed by atoms with van der Waals surface area (Å²) in [7, 11) is -0.256. The average Bonchev–Trinajstić information content (AvgIpc) is 3.32. The van der Waals surface area contributed by atoms with Gasteiger partial charge in [-0.2, -0.15) is 0 Å². The van der Waals surface area contributed by atoms with Crippen LogP contribution >= 0.6 is 11.3 Å². The standard InChI is InChI=1S/C34H37O2S2.6FH.Sb/c1-5-7-19-35-31-16-13-26(21-24(31)3)38(27-14-17-32(25(4)22-27)36-20-8-6-2)28-15-18-34-30(23-28)29-11-9-10-12-33(29)37-34;;;;;;;/h9-18,21-23H,5-8,19-20H2,1-4H3;6*1H;/q+1;;;;;;;+5/p-6. The van der Waals surface area contributed by atoms with Crippen molar-refractivity contribution in [2.24, 2.45) is 0 Å². The molecule has 0 spiro atoms. The van der Waals surface area contributed by atoms with E-state index in [0.29, 0.717) is 0 Å². The van der Waals surface area contributed by atoms with Crippen molar-refractivity contribution in [2.45, 2.75) is 68.1 Å². The van der Waals surface area contributed by atoms with E-state index in [1.54, 1.807) is 0 Å². The second-order valence-corrected chi connectivity index (χ2v) is 17.2. The van der Waals surface area contributed by atoms with E-state index in [9.17, 15) is 14.1 Å². The van der Waals surface area contributed by atoms with Gasteiger partial charge >= 0.3 is 34.4 Å². The molecule has 11 heteroatoms. The average molecular weight is 778 g/mol. The summed E-state index contributed by atoms with van der Waals surface area (Å²) in [6.45, 7) is 10.3. The molecule has 0 aliphatic rings. The van der Waals surface area contributed by atoms with Crippen LogP contribution in [0.2, 0.25) is 0 Å². The molecule has 5 aromatic rings. The SMILES string of the molecule is CCCCOc1ccc([S+](c2ccc(OCCCC)c(C)c2)c2ccc3sc4ccccc4c3c2)cc1C.[F-].[F][Sb]([F])([F])([F])[F]. The van der Waals surface area contributed by atoms with Crippen LogP contribution in [0.1, 0.15) is 50.7 Å². The van der Waals surface area contributed by atoms with E-state index in [-0.39, 0.29) is 15.6 Å². The van der Waals surface area contributed by atoms with Gasteiger partial charge in [-0.1, -0.05) is 44.9 Å². The van der Waals surface area contributed by atoms with Crippen molar-refractivity contribution in [3.05, 3.63) is 90.0 Å². The van der Waals surface area contributed by atoms with Crippen LogP contribution in [0.25, 0.3) is 20.2 Å². The molecule has 2 nitrogen and oxygen atoms in total. The summed E-state index contributed by atoms with van der Waals surface area (Å²) in [5.41, 5.74) is 2.38. The Bertz CT molecular complexity index is 1640. The molecule has 4 aromatic carbocycles. The van der Waals surface area contributed by atoms with Gasteiger partial charge in [0.1, 0.15) is 11.5 Å². The van der Waals surface area contributed by atoms with Gasteiger partial charge in [0.25, 0.3) is 0 Å². The summed E-state index contributed by atoms with van der Waals surface area (Å²) in [6, 6.07) is 29.3. The zero-order valence-electron chi connectivity index (χ0n) is 25.6. The van der Waals surface area contributed by atoms with E-state index >= 15 is 0 Å². The van der Waals surface area contributed by atoms with E-state index in [1.165, 1.54) is 46.0 Å². The number of ether oxygens (including phenoxy) is 2. The Morgan fingerprint density at radius 3 is 1.56 bits per heavy atom. The molecule has 1 aromatic heterocycles. The first-order chi connectivity index (χ1) is 20.8. The van der Waals surface area contributed by atoms with Gasteiger partial charge in [0.15, 0.2) is 14.7 Å². The Labute approximate surface area is 272 Å². The van der Waals surface area contributed by atoms with Crippen LogP contribution in [0.3, 0.4) is 0 Å². The summed E-state index contributed by atoms with van der Waals surface area (Å²) in [6.07, 6.45) is 4.42. The molecular formula is C34H37F6O2S2Sb. The van der Waals surface area contributed by atoms with E-state index < -0.39 is 20.3 Å². The molecule has 45 heavy (non-hydrogen) atoms. The minimum atomic E-state index is -9.19. The molecule has 0 atom stereocenters. The van der Waals surface area contributed by atoms with E-state index in [2.05, 4.69) is 107 Å². The van der Waals surface area contributed by atoms with Crippen molar-refractivity contribution in [1.82, 2.24) is 0 Å². The van der Waals surface area contributed by atoms with Crippen LogP contribution in [0.4, 0.5) is 14.1 Å². The molecule has 244 valence electrons. The van der Waals surface area contributed by atoms with Gasteiger partial charge in [-0.15, -0.1) is 11.3 Å². The predicted molar refractivity (Wildman–Crippen MR) is 176 cm³/mol. The number of hydrogen-bond acceptors (Lipinski definition) is 3. The molecule has 0 fully saturated rings. The zero-order valence-corrected chi connectivity index (χ0v) is 29.8. The van der Waals surface area contributed by atoms with Crippen LogP contribution in [0, 0.1) is 13.8 Å². The fourth-order valence-electron chi connectivity index (χ4n) is 4.71. The molecular weight excluding hydrogens is 740 g/mol. The summed E-state index contributed by atoms with van der Waals surface area (Å²) >= 11 is -7.32. The van der Waals surface area contributed by atoms with Gasteiger partial charge in [-0.25, -0.2) is 0 Å². The van der Waals surface area contributed by atoms with Crippen LogP contribution in [-0.4, -0.2) is 33.5 Å². The number of halogens is 6. The predicted octanol–water partition coefficient (Wildman–Crippen LogP) is 8.85. The number of fused-ring (bicyclic) bond motifs is 3. The maximum absolute atomic E-state index is 9.91. The molecule has 0 N–H and O–H groups in total. The van der Waals surface area contributed by atoms with Gasteiger partial charge < -0.3 is 14.2 Å². The van der Waals surface area contributed by atoms with Gasteiger partial charge in [-0.05, 0) is 80.3 Å². The molecule has 0 bridgehead atoms. The molecule has 0 saturated carbocycles. The van der Waals surface area contributed by atoms with Gasteiger partial charge in [0, 0.05) is 38.4 Å². The Balaban J connectivity index is 0.000000720. The normalized spacial score (nSPS) is 12.3. The third kappa shape index (κ3) is 10.8. The third-order valence-corrected chi connectivity index (χ3v) is 10.2. The summed E-state index contributed by atoms with van der Waals surface area (Å²) in [4.78, 5) is 3.95. The topological polar surface area (TPSA) is 18.5 Å². The fraction of sp³-hybridized carbons (Fsp3) is 0.294. The molecule has 0 radical (unpaired) electrons. The van der Waals surface area contributed by atoms with Gasteiger partial charge in [-0.3, -0.25) is 0 Å². The van der Waals surface area contributed by atoms with Crippen LogP contribution in [0.5, 0.6) is 11.5 Å². The number of rotatable bonds is 11. The summed E-state index contributed by atoms with van der Waals surface area (Å²) in [5.74, 6) is 1.97. The second-order valence-electron chi connectivity index (χ2n) is 10.5. The second kappa shape index (κ2) is 15.8. The first-order valence-electron chi connectivity index (χ1n) is 14.6. The Morgan fingerprint density at radius 1 is 0.622 bits per heavy atom. The van der Waals surface area contributed by atoms with Crippen molar-refractivity contribution in [3.8, 4) is 11.5 Å². The Hall–Kier alpha value is -2.55. The fourth-order valence-corrected chi connectivity index (χ4v) is 8.06. The summed E-state index contributed by atoms with van der Waals surface area (Å²) in [5, 5.41) is 2.68. The minimum absolute atomic E-state index is 0. The molecule has 5 rings (SSSR count). The van der Waals surface area contributed by atoms with Crippen molar-refractivity contribution in [1.29, 1.82) is 0 Å². The zero-order chi connectivity index (χ0) is 31.9. The quantitative estimate of drug-likeness (QED) is 0.0578. The van der Waals surface area contributed by atoms with E-state index in [0.717, 1.165) is 50.4 Å². The first kappa shape index (κ1) is 36.9. The monoisotopic (exact) mass is 776 g/mol. The van der Waals surface area contributed by atoms with Crippen molar-refractivity contribution in [3.63, 3.8) is 0 Å². The Kier molecular flexibility index (Phi) is 13.0. The van der Waals surface area contributed by atoms with Crippen LogP contribution < -0.4 is 14.2 Å². The number of hydrogen-bond donors (Lipinski definition) is 0. The summed E-state index contributed by atoms with van der Waals surface area (Å²) < 4.78 is 64.4. The first-order valence-corrected chi connectivity index (χ1v) is 21.4. The van der Waals surface area contributed by atoms with Crippen molar-refractivity contribution < 1.29 is 28.2 Å². The van der Waals surface area contributed by atoms with Gasteiger partial charge in [0.05, 0.1) is 24.1 Å². The van der Waals surface area contributed by atoms with E-state index in [1.807, 2.05) is 11.3 Å². The van der Waals surface area contributed by atoms with Crippen molar-refractivity contribution >= 4 is 62.7 Å². The van der Waals surface area contributed by atoms with Crippen molar-refractivity contribution in [2.75, 3.05) is 13.2 Å². The molecule has 0 amide bonds. The number of aryl methyl sites for hydroxylation is 2. The molecule has 1 heterocycles. The van der Waals surface area contributed by atoms with E-state index in [4.69, 9.17) is 9.47 Å². The molecule has 0 aliphatic heterocycles. The number of thiophene rings is 1. The number of benzene rings is 4. The molecule has 0 unspecified atom stereocenters. The van der Waals surface area contributed by atoms with Crippen LogP contribution in [0.15, 0.2) is 93.5 Å². The van der Waals surface area contributed by atoms with Gasteiger partial charge in [0.2, 0.25) is 0 Å². The third-order valence-electron chi connectivity index (χ3n) is 6.86. The number of unbranched alkanes of at least 4 members (excludes halogenated alkanes) is 2. The van der Waals surface area contributed by atoms with Crippen LogP contribution in [-0.2, 0) is 10.9 Å². The molecule has 0 saturated heterocycles.